The molecule has 2 rings (SSSR count). The average molecular weight is 299 g/mol. The Hall–Kier alpha value is -1.14. The van der Waals surface area contributed by atoms with Gasteiger partial charge in [0.2, 0.25) is 17.2 Å². The molecule has 112 valence electrons. The first kappa shape index (κ1) is 15.3. The topological polar surface area (TPSA) is 66.0 Å². The first-order valence-electron chi connectivity index (χ1n) is 7.29. The van der Waals surface area contributed by atoms with Crippen molar-refractivity contribution in [1.29, 1.82) is 0 Å². The van der Waals surface area contributed by atoms with Gasteiger partial charge < -0.3 is 15.5 Å². The lowest BCUT2D eigenvalue weighted by Gasteiger charge is -2.20. The molecule has 1 fully saturated rings. The summed E-state index contributed by atoms with van der Waals surface area (Å²) < 4.78 is 0. The molecule has 1 aliphatic rings. The molecule has 7 heteroatoms. The van der Waals surface area contributed by atoms with Crippen molar-refractivity contribution in [1.82, 2.24) is 19.9 Å². The monoisotopic (exact) mass is 298 g/mol. The Labute approximate surface area is 125 Å². The third-order valence-electron chi connectivity index (χ3n) is 3.32. The van der Waals surface area contributed by atoms with Crippen LogP contribution in [0, 0.1) is 5.92 Å². The maximum absolute atomic E-state index is 5.89. The highest BCUT2D eigenvalue weighted by atomic mass is 35.5. The van der Waals surface area contributed by atoms with Gasteiger partial charge >= 0.3 is 0 Å². The quantitative estimate of drug-likeness (QED) is 0.804. The van der Waals surface area contributed by atoms with Gasteiger partial charge in [0.05, 0.1) is 0 Å². The summed E-state index contributed by atoms with van der Waals surface area (Å²) >= 11 is 5.89. The summed E-state index contributed by atoms with van der Waals surface area (Å²) in [4.78, 5) is 14.9. The molecule has 1 aliphatic heterocycles. The van der Waals surface area contributed by atoms with Crippen LogP contribution in [-0.4, -0.2) is 52.6 Å². The van der Waals surface area contributed by atoms with E-state index in [9.17, 15) is 0 Å². The zero-order valence-electron chi connectivity index (χ0n) is 12.2. The van der Waals surface area contributed by atoms with E-state index in [2.05, 4.69) is 37.4 Å². The number of anilines is 2. The average Bonchev–Trinajstić information content (AvgIpc) is 2.89. The Bertz CT molecular complexity index is 421. The van der Waals surface area contributed by atoms with Gasteiger partial charge in [-0.15, -0.1) is 0 Å². The second-order valence-corrected chi connectivity index (χ2v) is 5.61. The zero-order valence-corrected chi connectivity index (χ0v) is 12.9. The summed E-state index contributed by atoms with van der Waals surface area (Å²) in [6.07, 6.45) is 2.66. The zero-order chi connectivity index (χ0) is 14.4. The molecule has 1 aromatic rings. The molecule has 0 amide bonds. The van der Waals surface area contributed by atoms with Crippen LogP contribution in [0.4, 0.5) is 11.9 Å². The highest BCUT2D eigenvalue weighted by Gasteiger charge is 2.15. The second kappa shape index (κ2) is 7.59. The minimum atomic E-state index is 0.214. The fraction of sp³-hybridized carbons (Fsp3) is 0.769. The third kappa shape index (κ3) is 4.76. The number of rotatable bonds is 7. The number of nitrogens with one attached hydrogen (secondary N) is 2. The minimum absolute atomic E-state index is 0.214. The van der Waals surface area contributed by atoms with E-state index in [1.165, 1.54) is 25.9 Å². The first-order valence-corrected chi connectivity index (χ1v) is 7.67. The molecule has 20 heavy (non-hydrogen) atoms. The standard InChI is InChI=1S/C13H23ClN6/c1-3-15-12-17-11(14)18-13(19-12)16-8-10(2)9-20-6-4-5-7-20/h10H,3-9H2,1-2H3,(H2,15,16,17,18,19). The van der Waals surface area contributed by atoms with Crippen molar-refractivity contribution in [3.05, 3.63) is 5.28 Å². The predicted octanol–water partition coefficient (Wildman–Crippen LogP) is 2.10. The highest BCUT2D eigenvalue weighted by Crippen LogP contribution is 2.12. The molecule has 0 bridgehead atoms. The molecular formula is C13H23ClN6. The van der Waals surface area contributed by atoms with Crippen LogP contribution in [0.1, 0.15) is 26.7 Å². The van der Waals surface area contributed by atoms with Crippen molar-refractivity contribution in [2.24, 2.45) is 5.92 Å². The Morgan fingerprint density at radius 3 is 2.45 bits per heavy atom. The van der Waals surface area contributed by atoms with Crippen molar-refractivity contribution >= 4 is 23.5 Å². The largest absolute Gasteiger partial charge is 0.354 e. The number of hydrogen-bond acceptors (Lipinski definition) is 6. The number of hydrogen-bond donors (Lipinski definition) is 2. The van der Waals surface area contributed by atoms with E-state index in [0.717, 1.165) is 19.6 Å². The van der Waals surface area contributed by atoms with Gasteiger partial charge in [-0.25, -0.2) is 0 Å². The molecule has 2 heterocycles. The first-order chi connectivity index (χ1) is 9.67. The Kier molecular flexibility index (Phi) is 5.79. The lowest BCUT2D eigenvalue weighted by Crippen LogP contribution is -2.29. The number of likely N-dealkylation sites (tertiary alicyclic amines) is 1. The van der Waals surface area contributed by atoms with Crippen LogP contribution in [0.5, 0.6) is 0 Å². The molecule has 1 atom stereocenters. The molecule has 1 saturated heterocycles. The summed E-state index contributed by atoms with van der Waals surface area (Å²) in [5.74, 6) is 1.60. The van der Waals surface area contributed by atoms with Gasteiger partial charge in [0.25, 0.3) is 0 Å². The maximum atomic E-state index is 5.89. The SMILES string of the molecule is CCNc1nc(Cl)nc(NCC(C)CN2CCCC2)n1. The Morgan fingerprint density at radius 1 is 1.15 bits per heavy atom. The molecule has 0 aromatic carbocycles. The second-order valence-electron chi connectivity index (χ2n) is 5.28. The van der Waals surface area contributed by atoms with E-state index in [4.69, 9.17) is 11.6 Å². The van der Waals surface area contributed by atoms with E-state index in [-0.39, 0.29) is 5.28 Å². The molecule has 6 nitrogen and oxygen atoms in total. The van der Waals surface area contributed by atoms with Crippen LogP contribution in [0.25, 0.3) is 0 Å². The van der Waals surface area contributed by atoms with Gasteiger partial charge in [-0.05, 0) is 50.4 Å². The van der Waals surface area contributed by atoms with Crippen molar-refractivity contribution in [2.45, 2.75) is 26.7 Å². The van der Waals surface area contributed by atoms with E-state index in [0.29, 0.717) is 17.8 Å². The fourth-order valence-corrected chi connectivity index (χ4v) is 2.56. The summed E-state index contributed by atoms with van der Waals surface area (Å²) in [5, 5.41) is 6.50. The van der Waals surface area contributed by atoms with Gasteiger partial charge in [0.15, 0.2) is 0 Å². The summed E-state index contributed by atoms with van der Waals surface area (Å²) in [5.41, 5.74) is 0. The van der Waals surface area contributed by atoms with Gasteiger partial charge in [-0.2, -0.15) is 15.0 Å². The van der Waals surface area contributed by atoms with E-state index in [1.807, 2.05) is 6.92 Å². The molecule has 1 aromatic heterocycles. The van der Waals surface area contributed by atoms with Crippen LogP contribution < -0.4 is 10.6 Å². The third-order valence-corrected chi connectivity index (χ3v) is 3.49. The summed E-state index contributed by atoms with van der Waals surface area (Å²) in [6.45, 7) is 9.39. The molecule has 2 N–H and O–H groups in total. The van der Waals surface area contributed by atoms with Crippen LogP contribution in [0.2, 0.25) is 5.28 Å². The van der Waals surface area contributed by atoms with Crippen LogP contribution in [-0.2, 0) is 0 Å². The molecule has 0 aliphatic carbocycles. The lowest BCUT2D eigenvalue weighted by atomic mass is 10.1. The number of nitrogens with zero attached hydrogens (tertiary/aromatic N) is 4. The molecule has 0 saturated carbocycles. The molecule has 0 spiro atoms. The van der Waals surface area contributed by atoms with Gasteiger partial charge in [-0.3, -0.25) is 0 Å². The van der Waals surface area contributed by atoms with E-state index < -0.39 is 0 Å². The normalized spacial score (nSPS) is 17.1. The predicted molar refractivity (Wildman–Crippen MR) is 82.3 cm³/mol. The van der Waals surface area contributed by atoms with E-state index >= 15 is 0 Å². The van der Waals surface area contributed by atoms with Gasteiger partial charge in [0.1, 0.15) is 0 Å². The van der Waals surface area contributed by atoms with E-state index in [1.54, 1.807) is 0 Å². The smallest absolute Gasteiger partial charge is 0.228 e. The van der Waals surface area contributed by atoms with Gasteiger partial charge in [-0.1, -0.05) is 6.92 Å². The van der Waals surface area contributed by atoms with Gasteiger partial charge in [0, 0.05) is 19.6 Å². The molecule has 0 radical (unpaired) electrons. The van der Waals surface area contributed by atoms with Crippen molar-refractivity contribution in [3.8, 4) is 0 Å². The maximum Gasteiger partial charge on any atom is 0.228 e. The highest BCUT2D eigenvalue weighted by molar-refractivity contribution is 6.28. The van der Waals surface area contributed by atoms with Crippen molar-refractivity contribution < 1.29 is 0 Å². The lowest BCUT2D eigenvalue weighted by molar-refractivity contribution is 0.294. The molecular weight excluding hydrogens is 276 g/mol. The number of halogens is 1. The van der Waals surface area contributed by atoms with Crippen molar-refractivity contribution in [2.75, 3.05) is 43.4 Å². The molecule has 1 unspecified atom stereocenters. The summed E-state index contributed by atoms with van der Waals surface area (Å²) in [7, 11) is 0. The summed E-state index contributed by atoms with van der Waals surface area (Å²) in [6, 6.07) is 0. The fourth-order valence-electron chi connectivity index (χ4n) is 2.40. The Morgan fingerprint density at radius 2 is 1.80 bits per heavy atom. The minimum Gasteiger partial charge on any atom is -0.354 e. The van der Waals surface area contributed by atoms with Crippen LogP contribution in [0.15, 0.2) is 0 Å². The number of aromatic nitrogens is 3. The van der Waals surface area contributed by atoms with Crippen molar-refractivity contribution in [3.63, 3.8) is 0 Å². The van der Waals surface area contributed by atoms with Crippen LogP contribution in [0.3, 0.4) is 0 Å². The Balaban J connectivity index is 1.82. The van der Waals surface area contributed by atoms with Crippen LogP contribution >= 0.6 is 11.6 Å².